The number of halogens is 2. The number of likely N-dealkylation sites (tertiary alicyclic amines) is 1. The molecule has 1 heterocycles. The molecule has 21 heavy (non-hydrogen) atoms. The topological polar surface area (TPSA) is 58.4 Å². The number of nitrogens with two attached hydrogens (primary N) is 1. The molecule has 1 aliphatic rings. The van der Waals surface area contributed by atoms with Gasteiger partial charge < -0.3 is 11.1 Å². The molecular formula is C15H33Cl2N3O. The molecule has 1 fully saturated rings. The molecule has 6 heteroatoms. The number of hydrogen-bond acceptors (Lipinski definition) is 3. The maximum Gasteiger partial charge on any atom is 0.236 e. The van der Waals surface area contributed by atoms with Gasteiger partial charge in [0.25, 0.3) is 0 Å². The number of rotatable bonds is 6. The zero-order chi connectivity index (χ0) is 14.4. The van der Waals surface area contributed by atoms with Gasteiger partial charge in [-0.25, -0.2) is 0 Å². The summed E-state index contributed by atoms with van der Waals surface area (Å²) in [6.45, 7) is 11.7. The Hall–Kier alpha value is -0.0300. The zero-order valence-corrected chi connectivity index (χ0v) is 15.4. The molecule has 0 aliphatic carbocycles. The average Bonchev–Trinajstić information content (AvgIpc) is 2.34. The Balaban J connectivity index is 0. The second-order valence-electron chi connectivity index (χ2n) is 6.57. The van der Waals surface area contributed by atoms with Crippen LogP contribution in [0.1, 0.15) is 47.0 Å². The molecule has 0 aromatic heterocycles. The molecule has 0 spiro atoms. The highest BCUT2D eigenvalue weighted by Crippen LogP contribution is 2.17. The van der Waals surface area contributed by atoms with Crippen molar-refractivity contribution in [3.05, 3.63) is 0 Å². The third kappa shape index (κ3) is 8.87. The van der Waals surface area contributed by atoms with Crippen LogP contribution in [0.4, 0.5) is 0 Å². The summed E-state index contributed by atoms with van der Waals surface area (Å²) in [4.78, 5) is 14.4. The summed E-state index contributed by atoms with van der Waals surface area (Å²) >= 11 is 0. The van der Waals surface area contributed by atoms with Gasteiger partial charge in [0.05, 0.1) is 6.04 Å². The summed E-state index contributed by atoms with van der Waals surface area (Å²) in [7, 11) is 0. The van der Waals surface area contributed by atoms with Gasteiger partial charge in [0.1, 0.15) is 0 Å². The molecule has 0 bridgehead atoms. The fourth-order valence-corrected chi connectivity index (χ4v) is 2.75. The number of hydrogen-bond donors (Lipinski definition) is 2. The smallest absolute Gasteiger partial charge is 0.236 e. The van der Waals surface area contributed by atoms with Gasteiger partial charge in [-0.2, -0.15) is 0 Å². The Morgan fingerprint density at radius 3 is 2.48 bits per heavy atom. The van der Waals surface area contributed by atoms with Crippen LogP contribution in [0.5, 0.6) is 0 Å². The van der Waals surface area contributed by atoms with E-state index in [1.165, 1.54) is 12.8 Å². The highest BCUT2D eigenvalue weighted by molar-refractivity contribution is 5.85. The fraction of sp³-hybridized carbons (Fsp3) is 0.933. The minimum Gasteiger partial charge on any atom is -0.353 e. The fourth-order valence-electron chi connectivity index (χ4n) is 2.75. The number of amides is 1. The summed E-state index contributed by atoms with van der Waals surface area (Å²) in [5, 5.41) is 2.99. The van der Waals surface area contributed by atoms with E-state index in [9.17, 15) is 4.79 Å². The van der Waals surface area contributed by atoms with Crippen LogP contribution in [-0.4, -0.2) is 42.5 Å². The predicted molar refractivity (Wildman–Crippen MR) is 94.4 cm³/mol. The van der Waals surface area contributed by atoms with Crippen molar-refractivity contribution in [3.8, 4) is 0 Å². The molecule has 0 aromatic carbocycles. The van der Waals surface area contributed by atoms with Gasteiger partial charge in [0, 0.05) is 19.1 Å². The van der Waals surface area contributed by atoms with Crippen molar-refractivity contribution >= 4 is 30.7 Å². The third-order valence-corrected chi connectivity index (χ3v) is 3.95. The van der Waals surface area contributed by atoms with E-state index in [0.717, 1.165) is 25.4 Å². The molecule has 0 radical (unpaired) electrons. The van der Waals surface area contributed by atoms with Crippen molar-refractivity contribution < 1.29 is 4.79 Å². The molecule has 1 amide bonds. The molecule has 4 nitrogen and oxygen atoms in total. The Labute approximate surface area is 142 Å². The molecule has 2 unspecified atom stereocenters. The minimum atomic E-state index is -0.368. The largest absolute Gasteiger partial charge is 0.353 e. The SMILES string of the molecule is CC(C)C[C@H](N)C(=O)NCC(C)N1CCCC(C)C1.Cl.Cl. The monoisotopic (exact) mass is 341 g/mol. The zero-order valence-electron chi connectivity index (χ0n) is 13.8. The van der Waals surface area contributed by atoms with Crippen molar-refractivity contribution in [2.24, 2.45) is 17.6 Å². The molecule has 1 rings (SSSR count). The number of nitrogens with one attached hydrogen (secondary N) is 1. The van der Waals surface area contributed by atoms with Crippen molar-refractivity contribution in [1.82, 2.24) is 10.2 Å². The molecule has 0 saturated carbocycles. The van der Waals surface area contributed by atoms with E-state index in [1.807, 2.05) is 0 Å². The normalized spacial score (nSPS) is 21.9. The number of carbonyl (C=O) groups is 1. The lowest BCUT2D eigenvalue weighted by atomic mass is 9.99. The van der Waals surface area contributed by atoms with Gasteiger partial charge in [-0.05, 0) is 44.6 Å². The molecule has 128 valence electrons. The van der Waals surface area contributed by atoms with Crippen molar-refractivity contribution in [1.29, 1.82) is 0 Å². The number of carbonyl (C=O) groups excluding carboxylic acids is 1. The minimum absolute atomic E-state index is 0. The van der Waals surface area contributed by atoms with Crippen LogP contribution in [-0.2, 0) is 4.79 Å². The first kappa shape index (κ1) is 23.2. The van der Waals surface area contributed by atoms with Crippen LogP contribution in [0.2, 0.25) is 0 Å². The lowest BCUT2D eigenvalue weighted by molar-refractivity contribution is -0.122. The van der Waals surface area contributed by atoms with Crippen molar-refractivity contribution in [2.75, 3.05) is 19.6 Å². The van der Waals surface area contributed by atoms with Gasteiger partial charge in [0.15, 0.2) is 0 Å². The van der Waals surface area contributed by atoms with E-state index in [4.69, 9.17) is 5.73 Å². The summed E-state index contributed by atoms with van der Waals surface area (Å²) in [5.74, 6) is 1.22. The van der Waals surface area contributed by atoms with Gasteiger partial charge in [-0.1, -0.05) is 20.8 Å². The van der Waals surface area contributed by atoms with Crippen LogP contribution in [0.15, 0.2) is 0 Å². The maximum atomic E-state index is 11.9. The van der Waals surface area contributed by atoms with E-state index < -0.39 is 0 Å². The number of nitrogens with zero attached hydrogens (tertiary/aromatic N) is 1. The third-order valence-electron chi connectivity index (χ3n) is 3.95. The summed E-state index contributed by atoms with van der Waals surface area (Å²) in [6, 6.07) is 0.0328. The summed E-state index contributed by atoms with van der Waals surface area (Å²) in [6.07, 6.45) is 3.35. The van der Waals surface area contributed by atoms with Crippen LogP contribution in [0, 0.1) is 11.8 Å². The van der Waals surface area contributed by atoms with E-state index in [-0.39, 0.29) is 36.8 Å². The number of piperidine rings is 1. The Bertz CT molecular complexity index is 290. The summed E-state index contributed by atoms with van der Waals surface area (Å²) in [5.41, 5.74) is 5.88. The Morgan fingerprint density at radius 1 is 1.33 bits per heavy atom. The predicted octanol–water partition coefficient (Wildman–Crippen LogP) is 2.44. The first-order chi connectivity index (χ1) is 8.90. The lowest BCUT2D eigenvalue weighted by Gasteiger charge is -2.35. The standard InChI is InChI=1S/C15H31N3O.2ClH/c1-11(2)8-14(16)15(19)17-9-13(4)18-7-5-6-12(3)10-18;;/h11-14H,5-10,16H2,1-4H3,(H,17,19);2*1H/t12?,13?,14-;;/m0../s1. The molecule has 3 atom stereocenters. The highest BCUT2D eigenvalue weighted by atomic mass is 35.5. The Morgan fingerprint density at radius 2 is 1.95 bits per heavy atom. The first-order valence-electron chi connectivity index (χ1n) is 7.67. The van der Waals surface area contributed by atoms with Crippen LogP contribution in [0.25, 0.3) is 0 Å². The quantitative estimate of drug-likeness (QED) is 0.779. The highest BCUT2D eigenvalue weighted by Gasteiger charge is 2.22. The molecule has 3 N–H and O–H groups in total. The van der Waals surface area contributed by atoms with E-state index in [2.05, 4.69) is 37.9 Å². The molecular weight excluding hydrogens is 309 g/mol. The summed E-state index contributed by atoms with van der Waals surface area (Å²) < 4.78 is 0. The molecule has 1 saturated heterocycles. The van der Waals surface area contributed by atoms with Crippen LogP contribution < -0.4 is 11.1 Å². The van der Waals surface area contributed by atoms with Crippen LogP contribution >= 0.6 is 24.8 Å². The van der Waals surface area contributed by atoms with Gasteiger partial charge in [-0.15, -0.1) is 24.8 Å². The van der Waals surface area contributed by atoms with Crippen molar-refractivity contribution in [2.45, 2.75) is 59.0 Å². The van der Waals surface area contributed by atoms with E-state index >= 15 is 0 Å². The van der Waals surface area contributed by atoms with Gasteiger partial charge in [-0.3, -0.25) is 9.69 Å². The van der Waals surface area contributed by atoms with Crippen molar-refractivity contribution in [3.63, 3.8) is 0 Å². The lowest BCUT2D eigenvalue weighted by Crippen LogP contribution is -2.49. The first-order valence-corrected chi connectivity index (χ1v) is 7.67. The Kier molecular flexibility index (Phi) is 12.8. The molecule has 1 aliphatic heterocycles. The molecule has 0 aromatic rings. The van der Waals surface area contributed by atoms with E-state index in [0.29, 0.717) is 18.5 Å². The van der Waals surface area contributed by atoms with Gasteiger partial charge in [0.2, 0.25) is 5.91 Å². The van der Waals surface area contributed by atoms with E-state index in [1.54, 1.807) is 0 Å². The maximum absolute atomic E-state index is 11.9. The van der Waals surface area contributed by atoms with Crippen LogP contribution in [0.3, 0.4) is 0 Å². The second-order valence-corrected chi connectivity index (χ2v) is 6.57. The van der Waals surface area contributed by atoms with Gasteiger partial charge >= 0.3 is 0 Å². The average molecular weight is 342 g/mol. The second kappa shape index (κ2) is 11.5.